The molecule has 0 aliphatic carbocycles. The van der Waals surface area contributed by atoms with Gasteiger partial charge in [-0.2, -0.15) is 5.10 Å². The van der Waals surface area contributed by atoms with Crippen molar-refractivity contribution in [3.05, 3.63) is 52.9 Å². The number of aromatic nitrogens is 3. The molecule has 1 amide bonds. The van der Waals surface area contributed by atoms with Crippen LogP contribution in [-0.2, 0) is 6.42 Å². The van der Waals surface area contributed by atoms with Crippen LogP contribution in [0.25, 0.3) is 10.9 Å². The molecular weight excluding hydrogens is 415 g/mol. The molecule has 5 nitrogen and oxygen atoms in total. The fourth-order valence-electron chi connectivity index (χ4n) is 1.88. The van der Waals surface area contributed by atoms with E-state index in [1.807, 2.05) is 24.5 Å². The third-order valence-corrected chi connectivity index (χ3v) is 3.83. The van der Waals surface area contributed by atoms with Gasteiger partial charge >= 0.3 is 0 Å². The predicted octanol–water partition coefficient (Wildman–Crippen LogP) is 3.82. The zero-order chi connectivity index (χ0) is 16.1. The van der Waals surface area contributed by atoms with Crippen LogP contribution in [0.3, 0.4) is 0 Å². The van der Waals surface area contributed by atoms with E-state index in [0.717, 1.165) is 17.3 Å². The second-order valence-electron chi connectivity index (χ2n) is 4.58. The normalized spacial score (nSPS) is 10.2. The van der Waals surface area contributed by atoms with Gasteiger partial charge in [0.2, 0.25) is 0 Å². The van der Waals surface area contributed by atoms with Gasteiger partial charge in [0, 0.05) is 29.2 Å². The Morgan fingerprint density at radius 1 is 1.45 bits per heavy atom. The Balaban J connectivity index is 0.000000188. The highest BCUT2D eigenvalue weighted by Crippen LogP contribution is 2.19. The number of fused-ring (bicyclic) bond motifs is 1. The third-order valence-electron chi connectivity index (χ3n) is 3.07. The van der Waals surface area contributed by atoms with Gasteiger partial charge in [0.25, 0.3) is 5.91 Å². The molecule has 0 spiro atoms. The molecule has 0 bridgehead atoms. The molecule has 2 aromatic heterocycles. The molecule has 0 aliphatic rings. The number of H-pyrrole nitrogens is 1. The number of nitrogens with zero attached hydrogens (tertiary/aromatic N) is 2. The van der Waals surface area contributed by atoms with Crippen LogP contribution in [0.4, 0.5) is 0 Å². The highest BCUT2D eigenvalue weighted by molar-refractivity contribution is 14.1. The van der Waals surface area contributed by atoms with E-state index in [4.69, 9.17) is 11.6 Å². The number of hydrogen-bond acceptors (Lipinski definition) is 2. The second kappa shape index (κ2) is 7.64. The van der Waals surface area contributed by atoms with Crippen molar-refractivity contribution in [2.24, 2.45) is 0 Å². The Hall–Kier alpha value is -1.54. The van der Waals surface area contributed by atoms with Crippen molar-refractivity contribution in [1.29, 1.82) is 0 Å². The molecule has 0 atom stereocenters. The van der Waals surface area contributed by atoms with Crippen LogP contribution in [-0.4, -0.2) is 25.9 Å². The molecule has 0 radical (unpaired) electrons. The number of aryl methyl sites for hydroxylation is 1. The standard InChI is InChI=1S/C10H9ClN2O.C5H7IN2/c1-12-10(14)9-5-6-4-7(11)2-3-8(6)13-9;1-2-5-3-7-8(6)4-5/h2-5,13H,1H3,(H,12,14);3-4H,2H2,1H3. The fourth-order valence-corrected chi connectivity index (χ4v) is 2.54. The molecule has 7 heteroatoms. The first kappa shape index (κ1) is 16.8. The van der Waals surface area contributed by atoms with E-state index in [0.29, 0.717) is 10.7 Å². The molecule has 2 heterocycles. The maximum atomic E-state index is 11.3. The summed E-state index contributed by atoms with van der Waals surface area (Å²) >= 11 is 7.96. The molecule has 2 N–H and O–H groups in total. The summed E-state index contributed by atoms with van der Waals surface area (Å²) < 4.78 is 1.79. The Morgan fingerprint density at radius 3 is 2.77 bits per heavy atom. The van der Waals surface area contributed by atoms with E-state index < -0.39 is 0 Å². The summed E-state index contributed by atoms with van der Waals surface area (Å²) in [7, 11) is 1.60. The first-order valence-electron chi connectivity index (χ1n) is 6.73. The van der Waals surface area contributed by atoms with Gasteiger partial charge in [-0.25, -0.2) is 2.90 Å². The topological polar surface area (TPSA) is 62.7 Å². The van der Waals surface area contributed by atoms with E-state index in [1.54, 1.807) is 22.1 Å². The summed E-state index contributed by atoms with van der Waals surface area (Å²) in [5.74, 6) is -0.127. The van der Waals surface area contributed by atoms with E-state index >= 15 is 0 Å². The molecule has 0 unspecified atom stereocenters. The minimum atomic E-state index is -0.127. The van der Waals surface area contributed by atoms with Crippen LogP contribution in [0.1, 0.15) is 23.0 Å². The zero-order valence-corrected chi connectivity index (χ0v) is 15.1. The van der Waals surface area contributed by atoms with Gasteiger partial charge in [-0.1, -0.05) is 18.5 Å². The van der Waals surface area contributed by atoms with Gasteiger partial charge in [0.1, 0.15) is 5.69 Å². The summed E-state index contributed by atoms with van der Waals surface area (Å²) in [5.41, 5.74) is 2.75. The van der Waals surface area contributed by atoms with E-state index in [-0.39, 0.29) is 5.91 Å². The molecule has 0 saturated carbocycles. The lowest BCUT2D eigenvalue weighted by Crippen LogP contribution is -2.17. The van der Waals surface area contributed by atoms with Gasteiger partial charge in [0.15, 0.2) is 0 Å². The Labute approximate surface area is 147 Å². The molecule has 0 fully saturated rings. The zero-order valence-electron chi connectivity index (χ0n) is 12.2. The van der Waals surface area contributed by atoms with E-state index in [2.05, 4.69) is 45.2 Å². The number of halogens is 2. The maximum absolute atomic E-state index is 11.3. The smallest absolute Gasteiger partial charge is 0.267 e. The van der Waals surface area contributed by atoms with Crippen molar-refractivity contribution in [2.75, 3.05) is 7.05 Å². The van der Waals surface area contributed by atoms with Crippen LogP contribution in [0.2, 0.25) is 5.02 Å². The van der Waals surface area contributed by atoms with Crippen molar-refractivity contribution >= 4 is 51.3 Å². The Bertz CT molecular complexity index is 781. The summed E-state index contributed by atoms with van der Waals surface area (Å²) in [6, 6.07) is 7.23. The first-order valence-corrected chi connectivity index (χ1v) is 8.07. The lowest BCUT2D eigenvalue weighted by atomic mass is 10.2. The minimum absolute atomic E-state index is 0.127. The quantitative estimate of drug-likeness (QED) is 0.607. The average Bonchev–Trinajstić information content (AvgIpc) is 3.12. The summed E-state index contributed by atoms with van der Waals surface area (Å²) in [6.07, 6.45) is 4.97. The lowest BCUT2D eigenvalue weighted by Gasteiger charge is -1.92. The third kappa shape index (κ3) is 4.23. The van der Waals surface area contributed by atoms with E-state index in [1.165, 1.54) is 5.56 Å². The van der Waals surface area contributed by atoms with Crippen LogP contribution < -0.4 is 5.32 Å². The average molecular weight is 431 g/mol. The number of carbonyl (C=O) groups is 1. The summed E-state index contributed by atoms with van der Waals surface area (Å²) in [6.45, 7) is 2.12. The monoisotopic (exact) mass is 430 g/mol. The minimum Gasteiger partial charge on any atom is -0.354 e. The molecule has 3 aromatic rings. The van der Waals surface area contributed by atoms with Crippen LogP contribution in [0.5, 0.6) is 0 Å². The Kier molecular flexibility index (Phi) is 5.84. The van der Waals surface area contributed by atoms with Gasteiger partial charge in [-0.05, 0) is 36.2 Å². The van der Waals surface area contributed by atoms with Crippen molar-refractivity contribution in [1.82, 2.24) is 18.3 Å². The Morgan fingerprint density at radius 2 is 2.23 bits per heavy atom. The van der Waals surface area contributed by atoms with Gasteiger partial charge in [0.05, 0.1) is 29.1 Å². The number of amides is 1. The predicted molar refractivity (Wildman–Crippen MR) is 97.7 cm³/mol. The van der Waals surface area contributed by atoms with Crippen LogP contribution in [0, 0.1) is 0 Å². The highest BCUT2D eigenvalue weighted by Gasteiger charge is 2.06. The maximum Gasteiger partial charge on any atom is 0.267 e. The number of benzene rings is 1. The number of nitrogens with one attached hydrogen (secondary N) is 2. The molecule has 0 saturated heterocycles. The lowest BCUT2D eigenvalue weighted by molar-refractivity contribution is 0.0959. The van der Waals surface area contributed by atoms with Crippen molar-refractivity contribution in [3.63, 3.8) is 0 Å². The number of rotatable bonds is 2. The second-order valence-corrected chi connectivity index (χ2v) is 6.01. The summed E-state index contributed by atoms with van der Waals surface area (Å²) in [4.78, 5) is 14.3. The number of hydrogen-bond donors (Lipinski definition) is 2. The first-order chi connectivity index (χ1) is 10.5. The highest BCUT2D eigenvalue weighted by atomic mass is 127. The van der Waals surface area contributed by atoms with Gasteiger partial charge < -0.3 is 10.3 Å². The summed E-state index contributed by atoms with van der Waals surface area (Å²) in [5, 5.41) is 8.15. The molecule has 1 aromatic carbocycles. The number of aromatic amines is 1. The SMILES string of the molecule is CCc1cnn(I)c1.CNC(=O)c1cc2cc(Cl)ccc2[nH]1. The van der Waals surface area contributed by atoms with Crippen molar-refractivity contribution < 1.29 is 4.79 Å². The van der Waals surface area contributed by atoms with Crippen LogP contribution in [0.15, 0.2) is 36.7 Å². The van der Waals surface area contributed by atoms with Crippen LogP contribution >= 0.6 is 34.5 Å². The molecule has 22 heavy (non-hydrogen) atoms. The van der Waals surface area contributed by atoms with Gasteiger partial charge in [-0.15, -0.1) is 0 Å². The molecule has 3 rings (SSSR count). The van der Waals surface area contributed by atoms with Crippen molar-refractivity contribution in [2.45, 2.75) is 13.3 Å². The largest absolute Gasteiger partial charge is 0.354 e. The molecular formula is C15H16ClIN4O. The molecule has 116 valence electrons. The fraction of sp³-hybridized carbons (Fsp3) is 0.200. The number of carbonyl (C=O) groups excluding carboxylic acids is 1. The van der Waals surface area contributed by atoms with E-state index in [9.17, 15) is 4.79 Å². The van der Waals surface area contributed by atoms with Crippen molar-refractivity contribution in [3.8, 4) is 0 Å². The van der Waals surface area contributed by atoms with Gasteiger partial charge in [-0.3, -0.25) is 4.79 Å². The molecule has 0 aliphatic heterocycles.